The molecule has 0 saturated carbocycles. The molecule has 0 bridgehead atoms. The Balaban J connectivity index is 2.36. The molecule has 0 saturated heterocycles. The number of benzene rings is 2. The average Bonchev–Trinajstić information content (AvgIpc) is 2.54. The number of ketones is 1. The van der Waals surface area contributed by atoms with Gasteiger partial charge in [0.1, 0.15) is 5.75 Å². The minimum Gasteiger partial charge on any atom is -0.508 e. The van der Waals surface area contributed by atoms with E-state index in [1.54, 1.807) is 18.2 Å². The summed E-state index contributed by atoms with van der Waals surface area (Å²) in [6, 6.07) is 12.2. The maximum absolute atomic E-state index is 12.4. The third kappa shape index (κ3) is 3.58. The Bertz CT molecular complexity index is 635. The number of hydrogen-bond donors (Lipinski definition) is 1. The molecule has 0 aliphatic carbocycles. The summed E-state index contributed by atoms with van der Waals surface area (Å²) in [4.78, 5) is 12.4. The van der Waals surface area contributed by atoms with Gasteiger partial charge in [-0.3, -0.25) is 4.79 Å². The standard InChI is InChI=1S/C18H20O4/c1-3-21-17-11-10-15(19)14(18(17)22-4-2)12-16(20)13-8-6-5-7-9-13/h5-11,19H,3-4,12H2,1-2H3. The van der Waals surface area contributed by atoms with Crippen LogP contribution in [0.4, 0.5) is 0 Å². The van der Waals surface area contributed by atoms with Crippen LogP contribution in [0.5, 0.6) is 17.2 Å². The first-order valence-electron chi connectivity index (χ1n) is 7.36. The Morgan fingerprint density at radius 1 is 1.00 bits per heavy atom. The molecule has 0 amide bonds. The van der Waals surface area contributed by atoms with E-state index < -0.39 is 0 Å². The molecule has 0 heterocycles. The first-order valence-corrected chi connectivity index (χ1v) is 7.36. The lowest BCUT2D eigenvalue weighted by Crippen LogP contribution is -2.07. The quantitative estimate of drug-likeness (QED) is 0.794. The summed E-state index contributed by atoms with van der Waals surface area (Å²) < 4.78 is 11.1. The number of aromatic hydroxyl groups is 1. The molecule has 1 N–H and O–H groups in total. The number of Topliss-reactive ketones (excluding diaryl/α,β-unsaturated/α-hetero) is 1. The fourth-order valence-electron chi connectivity index (χ4n) is 2.23. The summed E-state index contributed by atoms with van der Waals surface area (Å²) in [7, 11) is 0. The zero-order valence-corrected chi connectivity index (χ0v) is 12.8. The number of carbonyl (C=O) groups excluding carboxylic acids is 1. The molecule has 2 aromatic carbocycles. The van der Waals surface area contributed by atoms with Crippen molar-refractivity contribution in [2.24, 2.45) is 0 Å². The summed E-state index contributed by atoms with van der Waals surface area (Å²) in [6.07, 6.45) is 0.0616. The fourth-order valence-corrected chi connectivity index (χ4v) is 2.23. The van der Waals surface area contributed by atoms with E-state index in [9.17, 15) is 9.90 Å². The van der Waals surface area contributed by atoms with Gasteiger partial charge in [-0.25, -0.2) is 0 Å². The SMILES string of the molecule is CCOc1ccc(O)c(CC(=O)c2ccccc2)c1OCC. The van der Waals surface area contributed by atoms with Crippen LogP contribution in [0, 0.1) is 0 Å². The van der Waals surface area contributed by atoms with Crippen molar-refractivity contribution < 1.29 is 19.4 Å². The largest absolute Gasteiger partial charge is 0.508 e. The second-order valence-corrected chi connectivity index (χ2v) is 4.72. The van der Waals surface area contributed by atoms with Crippen LogP contribution < -0.4 is 9.47 Å². The number of ether oxygens (including phenoxy) is 2. The predicted molar refractivity (Wildman–Crippen MR) is 84.9 cm³/mol. The molecular weight excluding hydrogens is 280 g/mol. The number of carbonyl (C=O) groups is 1. The maximum Gasteiger partial charge on any atom is 0.168 e. The second kappa shape index (κ2) is 7.50. The molecule has 0 aliphatic rings. The van der Waals surface area contributed by atoms with E-state index >= 15 is 0 Å². The van der Waals surface area contributed by atoms with Crippen molar-refractivity contribution in [3.63, 3.8) is 0 Å². The highest BCUT2D eigenvalue weighted by Crippen LogP contribution is 2.38. The van der Waals surface area contributed by atoms with Crippen molar-refractivity contribution in [3.8, 4) is 17.2 Å². The van der Waals surface area contributed by atoms with Crippen LogP contribution in [-0.4, -0.2) is 24.1 Å². The van der Waals surface area contributed by atoms with Crippen LogP contribution in [0.25, 0.3) is 0 Å². The lowest BCUT2D eigenvalue weighted by atomic mass is 10.0. The monoisotopic (exact) mass is 300 g/mol. The van der Waals surface area contributed by atoms with Gasteiger partial charge in [0.15, 0.2) is 17.3 Å². The van der Waals surface area contributed by atoms with Gasteiger partial charge in [-0.15, -0.1) is 0 Å². The van der Waals surface area contributed by atoms with Crippen molar-refractivity contribution in [1.29, 1.82) is 0 Å². The van der Waals surface area contributed by atoms with Gasteiger partial charge >= 0.3 is 0 Å². The fraction of sp³-hybridized carbons (Fsp3) is 0.278. The zero-order chi connectivity index (χ0) is 15.9. The Morgan fingerprint density at radius 3 is 2.32 bits per heavy atom. The third-order valence-electron chi connectivity index (χ3n) is 3.22. The van der Waals surface area contributed by atoms with Crippen LogP contribution in [0.2, 0.25) is 0 Å². The Morgan fingerprint density at radius 2 is 1.68 bits per heavy atom. The molecule has 0 fully saturated rings. The minimum atomic E-state index is -0.0782. The number of phenols is 1. The topological polar surface area (TPSA) is 55.8 Å². The summed E-state index contributed by atoms with van der Waals surface area (Å²) in [5.74, 6) is 0.938. The molecule has 0 aromatic heterocycles. The average molecular weight is 300 g/mol. The first-order chi connectivity index (χ1) is 10.7. The van der Waals surface area contributed by atoms with Crippen molar-refractivity contribution >= 4 is 5.78 Å². The molecule has 0 unspecified atom stereocenters. The first kappa shape index (κ1) is 15.9. The molecule has 116 valence electrons. The van der Waals surface area contributed by atoms with Gasteiger partial charge in [-0.2, -0.15) is 0 Å². The molecule has 0 aliphatic heterocycles. The van der Waals surface area contributed by atoms with Crippen LogP contribution in [-0.2, 0) is 6.42 Å². The third-order valence-corrected chi connectivity index (χ3v) is 3.22. The van der Waals surface area contributed by atoms with Crippen LogP contribution in [0.15, 0.2) is 42.5 Å². The van der Waals surface area contributed by atoms with Crippen molar-refractivity contribution in [3.05, 3.63) is 53.6 Å². The Labute approximate surface area is 130 Å². The number of hydrogen-bond acceptors (Lipinski definition) is 4. The van der Waals surface area contributed by atoms with Gasteiger partial charge in [0.2, 0.25) is 0 Å². The zero-order valence-electron chi connectivity index (χ0n) is 12.8. The highest BCUT2D eigenvalue weighted by atomic mass is 16.5. The van der Waals surface area contributed by atoms with Crippen LogP contribution in [0.3, 0.4) is 0 Å². The normalized spacial score (nSPS) is 10.3. The lowest BCUT2D eigenvalue weighted by molar-refractivity contribution is 0.0990. The van der Waals surface area contributed by atoms with E-state index in [0.717, 1.165) is 0 Å². The molecule has 4 nitrogen and oxygen atoms in total. The van der Waals surface area contributed by atoms with Gasteiger partial charge in [-0.05, 0) is 26.0 Å². The summed E-state index contributed by atoms with van der Waals surface area (Å²) >= 11 is 0. The van der Waals surface area contributed by atoms with Gasteiger partial charge in [0, 0.05) is 17.5 Å². The van der Waals surface area contributed by atoms with Crippen LogP contribution in [0.1, 0.15) is 29.8 Å². The summed E-state index contributed by atoms with van der Waals surface area (Å²) in [6.45, 7) is 4.63. The second-order valence-electron chi connectivity index (χ2n) is 4.72. The van der Waals surface area contributed by atoms with Crippen molar-refractivity contribution in [2.45, 2.75) is 20.3 Å². The molecule has 4 heteroatoms. The number of phenolic OH excluding ortho intramolecular Hbond substituents is 1. The van der Waals surface area contributed by atoms with E-state index in [2.05, 4.69) is 0 Å². The van der Waals surface area contributed by atoms with Crippen molar-refractivity contribution in [2.75, 3.05) is 13.2 Å². The molecular formula is C18H20O4. The maximum atomic E-state index is 12.4. The highest BCUT2D eigenvalue weighted by Gasteiger charge is 2.19. The van der Waals surface area contributed by atoms with Gasteiger partial charge in [-0.1, -0.05) is 30.3 Å². The summed E-state index contributed by atoms with van der Waals surface area (Å²) in [5.41, 5.74) is 1.06. The molecule has 0 spiro atoms. The van der Waals surface area contributed by atoms with Crippen molar-refractivity contribution in [1.82, 2.24) is 0 Å². The molecule has 0 atom stereocenters. The van der Waals surface area contributed by atoms with E-state index in [-0.39, 0.29) is 18.0 Å². The smallest absolute Gasteiger partial charge is 0.168 e. The number of rotatable bonds is 7. The minimum absolute atomic E-state index is 0.0381. The summed E-state index contributed by atoms with van der Waals surface area (Å²) in [5, 5.41) is 10.1. The Hall–Kier alpha value is -2.49. The van der Waals surface area contributed by atoms with Gasteiger partial charge in [0.05, 0.1) is 13.2 Å². The predicted octanol–water partition coefficient (Wildman–Crippen LogP) is 3.62. The molecule has 0 radical (unpaired) electrons. The molecule has 22 heavy (non-hydrogen) atoms. The van der Waals surface area contributed by atoms with E-state index in [0.29, 0.717) is 35.8 Å². The lowest BCUT2D eigenvalue weighted by Gasteiger charge is -2.16. The Kier molecular flexibility index (Phi) is 5.42. The van der Waals surface area contributed by atoms with Gasteiger partial charge in [0.25, 0.3) is 0 Å². The van der Waals surface area contributed by atoms with Crippen LogP contribution >= 0.6 is 0 Å². The highest BCUT2D eigenvalue weighted by molar-refractivity contribution is 5.98. The van der Waals surface area contributed by atoms with E-state index in [1.807, 2.05) is 32.0 Å². The molecule has 2 rings (SSSR count). The van der Waals surface area contributed by atoms with E-state index in [4.69, 9.17) is 9.47 Å². The van der Waals surface area contributed by atoms with Gasteiger partial charge < -0.3 is 14.6 Å². The molecule has 2 aromatic rings. The van der Waals surface area contributed by atoms with E-state index in [1.165, 1.54) is 6.07 Å².